The zero-order chi connectivity index (χ0) is 20.7. The van der Waals surface area contributed by atoms with Crippen molar-refractivity contribution in [1.29, 1.82) is 0 Å². The Kier molecular flexibility index (Phi) is 7.87. The van der Waals surface area contributed by atoms with Crippen LogP contribution in [0.1, 0.15) is 36.5 Å². The standard InChI is InChI=1S/C23H24ClNO2S2/c1-2-5-18-7-11-20(12-8-18)23(28-16-4-17-29-23)15-3-6-22(24)19-9-13-21(14-10-19)25(26)27/h3,6-15H,2,4-5,16-17H2,1H3/b15-3+,22-6-. The van der Waals surface area contributed by atoms with Crippen molar-refractivity contribution in [3.8, 4) is 0 Å². The molecule has 0 saturated carbocycles. The summed E-state index contributed by atoms with van der Waals surface area (Å²) in [5, 5.41) is 11.4. The van der Waals surface area contributed by atoms with E-state index in [1.807, 2.05) is 35.7 Å². The van der Waals surface area contributed by atoms with Crippen LogP contribution in [0.2, 0.25) is 0 Å². The summed E-state index contributed by atoms with van der Waals surface area (Å²) in [6.07, 6.45) is 9.58. The fraction of sp³-hybridized carbons (Fsp3) is 0.304. The van der Waals surface area contributed by atoms with Gasteiger partial charge in [0.05, 0.1) is 4.92 Å². The SMILES string of the molecule is CCCc1ccc(C2(/C=C/C=C(\Cl)c3ccc([N+](=O)[O-])cc3)SCCCS2)cc1. The van der Waals surface area contributed by atoms with E-state index in [9.17, 15) is 10.1 Å². The van der Waals surface area contributed by atoms with Gasteiger partial charge in [-0.2, -0.15) is 0 Å². The molecule has 0 aliphatic carbocycles. The number of halogens is 1. The van der Waals surface area contributed by atoms with E-state index in [1.54, 1.807) is 12.1 Å². The Labute approximate surface area is 185 Å². The van der Waals surface area contributed by atoms with E-state index in [0.29, 0.717) is 5.03 Å². The fourth-order valence-corrected chi connectivity index (χ4v) is 6.55. The maximum Gasteiger partial charge on any atom is 0.269 e. The maximum absolute atomic E-state index is 10.8. The highest BCUT2D eigenvalue weighted by molar-refractivity contribution is 8.18. The van der Waals surface area contributed by atoms with Crippen molar-refractivity contribution in [2.75, 3.05) is 11.5 Å². The van der Waals surface area contributed by atoms with Gasteiger partial charge in [0.1, 0.15) is 4.08 Å². The van der Waals surface area contributed by atoms with Crippen molar-refractivity contribution in [3.05, 3.63) is 93.6 Å². The van der Waals surface area contributed by atoms with Gasteiger partial charge in [0.2, 0.25) is 0 Å². The lowest BCUT2D eigenvalue weighted by atomic mass is 10.0. The molecule has 0 spiro atoms. The van der Waals surface area contributed by atoms with E-state index in [-0.39, 0.29) is 9.77 Å². The minimum Gasteiger partial charge on any atom is -0.258 e. The molecule has 1 saturated heterocycles. The number of nitro benzene ring substituents is 1. The highest BCUT2D eigenvalue weighted by Gasteiger charge is 2.32. The van der Waals surface area contributed by atoms with Crippen molar-refractivity contribution in [2.24, 2.45) is 0 Å². The van der Waals surface area contributed by atoms with Crippen molar-refractivity contribution < 1.29 is 4.92 Å². The van der Waals surface area contributed by atoms with Crippen LogP contribution in [-0.4, -0.2) is 16.4 Å². The molecule has 3 rings (SSSR count). The first-order valence-electron chi connectivity index (χ1n) is 9.71. The first kappa shape index (κ1) is 22.0. The average Bonchev–Trinajstić information content (AvgIpc) is 2.75. The molecule has 29 heavy (non-hydrogen) atoms. The lowest BCUT2D eigenvalue weighted by Gasteiger charge is -2.34. The van der Waals surface area contributed by atoms with Gasteiger partial charge in [-0.15, -0.1) is 23.5 Å². The smallest absolute Gasteiger partial charge is 0.258 e. The van der Waals surface area contributed by atoms with E-state index in [0.717, 1.165) is 29.9 Å². The molecule has 6 heteroatoms. The summed E-state index contributed by atoms with van der Waals surface area (Å²) in [7, 11) is 0. The molecular formula is C23H24ClNO2S2. The van der Waals surface area contributed by atoms with Crippen LogP contribution in [0.25, 0.3) is 5.03 Å². The van der Waals surface area contributed by atoms with Gasteiger partial charge in [-0.1, -0.05) is 61.4 Å². The predicted octanol–water partition coefficient (Wildman–Crippen LogP) is 7.41. The lowest BCUT2D eigenvalue weighted by Crippen LogP contribution is -2.20. The molecule has 1 aliphatic rings. The number of hydrogen-bond acceptors (Lipinski definition) is 4. The number of benzene rings is 2. The number of thioether (sulfide) groups is 2. The molecule has 0 atom stereocenters. The van der Waals surface area contributed by atoms with Gasteiger partial charge in [-0.3, -0.25) is 10.1 Å². The Morgan fingerprint density at radius 3 is 2.38 bits per heavy atom. The van der Waals surface area contributed by atoms with Gasteiger partial charge >= 0.3 is 0 Å². The van der Waals surface area contributed by atoms with Crippen LogP contribution >= 0.6 is 35.1 Å². The van der Waals surface area contributed by atoms with E-state index in [4.69, 9.17) is 11.6 Å². The van der Waals surface area contributed by atoms with Crippen molar-refractivity contribution in [1.82, 2.24) is 0 Å². The van der Waals surface area contributed by atoms with Crippen molar-refractivity contribution in [2.45, 2.75) is 30.3 Å². The molecule has 0 unspecified atom stereocenters. The van der Waals surface area contributed by atoms with Gasteiger partial charge in [-0.05, 0) is 59.2 Å². The van der Waals surface area contributed by atoms with E-state index >= 15 is 0 Å². The normalized spacial score (nSPS) is 16.8. The van der Waals surface area contributed by atoms with Gasteiger partial charge in [0.15, 0.2) is 0 Å². The maximum atomic E-state index is 10.8. The van der Waals surface area contributed by atoms with Crippen LogP contribution in [0.15, 0.2) is 66.8 Å². The molecule has 0 amide bonds. The Hall–Kier alpha value is -1.69. The minimum absolute atomic E-state index is 0.0641. The highest BCUT2D eigenvalue weighted by Crippen LogP contribution is 2.51. The molecule has 0 bridgehead atoms. The molecule has 0 aromatic heterocycles. The molecule has 2 aromatic rings. The molecule has 0 radical (unpaired) electrons. The van der Waals surface area contributed by atoms with Crippen LogP contribution in [0.5, 0.6) is 0 Å². The molecule has 1 heterocycles. The second-order valence-electron chi connectivity index (χ2n) is 6.84. The Bertz CT molecular complexity index is 886. The fourth-order valence-electron chi connectivity index (χ4n) is 3.20. The number of nitrogens with zero attached hydrogens (tertiary/aromatic N) is 1. The Balaban J connectivity index is 1.81. The predicted molar refractivity (Wildman–Crippen MR) is 128 cm³/mol. The molecule has 3 nitrogen and oxygen atoms in total. The number of hydrogen-bond donors (Lipinski definition) is 0. The zero-order valence-electron chi connectivity index (χ0n) is 16.3. The number of nitro groups is 1. The number of aryl methyl sites for hydroxylation is 1. The summed E-state index contributed by atoms with van der Waals surface area (Å²) in [4.78, 5) is 10.4. The molecule has 1 fully saturated rings. The van der Waals surface area contributed by atoms with E-state index in [2.05, 4.69) is 37.3 Å². The monoisotopic (exact) mass is 445 g/mol. The largest absolute Gasteiger partial charge is 0.269 e. The average molecular weight is 446 g/mol. The van der Waals surface area contributed by atoms with Crippen LogP contribution in [0.3, 0.4) is 0 Å². The molecule has 152 valence electrons. The van der Waals surface area contributed by atoms with Crippen LogP contribution in [0.4, 0.5) is 5.69 Å². The lowest BCUT2D eigenvalue weighted by molar-refractivity contribution is -0.384. The van der Waals surface area contributed by atoms with Crippen molar-refractivity contribution in [3.63, 3.8) is 0 Å². The summed E-state index contributed by atoms with van der Waals surface area (Å²) in [5.74, 6) is 2.27. The third kappa shape index (κ3) is 5.68. The minimum atomic E-state index is -0.408. The topological polar surface area (TPSA) is 43.1 Å². The van der Waals surface area contributed by atoms with Crippen LogP contribution in [0, 0.1) is 10.1 Å². The molecular weight excluding hydrogens is 422 g/mol. The molecule has 2 aromatic carbocycles. The van der Waals surface area contributed by atoms with Crippen LogP contribution < -0.4 is 0 Å². The summed E-state index contributed by atoms with van der Waals surface area (Å²) in [6, 6.07) is 15.3. The van der Waals surface area contributed by atoms with Gasteiger partial charge in [0.25, 0.3) is 5.69 Å². The number of non-ortho nitro benzene ring substituents is 1. The highest BCUT2D eigenvalue weighted by atomic mass is 35.5. The van der Waals surface area contributed by atoms with Crippen LogP contribution in [-0.2, 0) is 10.5 Å². The zero-order valence-corrected chi connectivity index (χ0v) is 18.7. The van der Waals surface area contributed by atoms with Gasteiger partial charge < -0.3 is 0 Å². The third-order valence-electron chi connectivity index (χ3n) is 4.73. The molecule has 1 aliphatic heterocycles. The third-order valence-corrected chi connectivity index (χ3v) is 8.37. The summed E-state index contributed by atoms with van der Waals surface area (Å²) >= 11 is 10.4. The number of allylic oxidation sites excluding steroid dienone is 2. The summed E-state index contributed by atoms with van der Waals surface area (Å²) in [5.41, 5.74) is 3.52. The summed E-state index contributed by atoms with van der Waals surface area (Å²) < 4.78 is -0.105. The first-order chi connectivity index (χ1) is 14.0. The van der Waals surface area contributed by atoms with Gasteiger partial charge in [0, 0.05) is 17.2 Å². The summed E-state index contributed by atoms with van der Waals surface area (Å²) in [6.45, 7) is 2.20. The quantitative estimate of drug-likeness (QED) is 0.253. The Morgan fingerprint density at radius 1 is 1.14 bits per heavy atom. The van der Waals surface area contributed by atoms with Gasteiger partial charge in [-0.25, -0.2) is 0 Å². The Morgan fingerprint density at radius 2 is 1.79 bits per heavy atom. The molecule has 0 N–H and O–H groups in total. The van der Waals surface area contributed by atoms with E-state index < -0.39 is 4.92 Å². The van der Waals surface area contributed by atoms with E-state index in [1.165, 1.54) is 29.7 Å². The second-order valence-corrected chi connectivity index (χ2v) is 10.2. The first-order valence-corrected chi connectivity index (χ1v) is 12.1. The number of rotatable bonds is 7. The van der Waals surface area contributed by atoms with Crippen molar-refractivity contribution >= 4 is 45.8 Å². The second kappa shape index (κ2) is 10.4.